The van der Waals surface area contributed by atoms with Crippen LogP contribution in [0.25, 0.3) is 0 Å². The van der Waals surface area contributed by atoms with Crippen LogP contribution in [0.5, 0.6) is 0 Å². The van der Waals surface area contributed by atoms with Crippen LogP contribution < -0.4 is 5.43 Å². The molecule has 0 aliphatic heterocycles. The van der Waals surface area contributed by atoms with E-state index in [1.54, 1.807) is 19.9 Å². The topological polar surface area (TPSA) is 63.0 Å². The number of benzene rings is 1. The highest BCUT2D eigenvalue weighted by Crippen LogP contribution is 2.31. The SMILES string of the molecule is C=N/C(=N\NCC/C=C\C(=O)OC(C)C)c1cc(S)cc(C(F)(F)F)c1. The standard InChI is InChI=1S/C17H20F3N3O2S/c1-11(2)25-15(24)6-4-5-7-22-23-16(21-3)12-8-13(17(18,19)20)10-14(26)9-12/h4,6,8-11,22,26H,3,5,7H2,1-2H3/b6-4-,23-16-. The first-order valence-corrected chi connectivity index (χ1v) is 8.14. The lowest BCUT2D eigenvalue weighted by Gasteiger charge is -2.10. The monoisotopic (exact) mass is 387 g/mol. The molecule has 0 aliphatic carbocycles. The van der Waals surface area contributed by atoms with Crippen LogP contribution in [0.2, 0.25) is 0 Å². The maximum Gasteiger partial charge on any atom is 0.416 e. The number of carbonyl (C=O) groups is 1. The molecule has 0 heterocycles. The Kier molecular flexibility index (Phi) is 8.37. The molecule has 142 valence electrons. The number of amidine groups is 1. The van der Waals surface area contributed by atoms with Crippen molar-refractivity contribution in [2.45, 2.75) is 37.4 Å². The third-order valence-electron chi connectivity index (χ3n) is 2.87. The van der Waals surface area contributed by atoms with Crippen LogP contribution in [-0.2, 0) is 15.7 Å². The molecule has 5 nitrogen and oxygen atoms in total. The normalized spacial score (nSPS) is 12.5. The Bertz CT molecular complexity index is 701. The summed E-state index contributed by atoms with van der Waals surface area (Å²) in [7, 11) is 0. The highest BCUT2D eigenvalue weighted by molar-refractivity contribution is 7.80. The molecular formula is C17H20F3N3O2S. The zero-order valence-electron chi connectivity index (χ0n) is 14.4. The van der Waals surface area contributed by atoms with E-state index in [4.69, 9.17) is 4.74 Å². The molecule has 1 rings (SSSR count). The van der Waals surface area contributed by atoms with E-state index in [1.165, 1.54) is 12.1 Å². The number of hydrogen-bond acceptors (Lipinski definition) is 5. The van der Waals surface area contributed by atoms with Gasteiger partial charge in [0.25, 0.3) is 0 Å². The quantitative estimate of drug-likeness (QED) is 0.142. The smallest absolute Gasteiger partial charge is 0.416 e. The van der Waals surface area contributed by atoms with Crippen LogP contribution in [0.4, 0.5) is 13.2 Å². The Morgan fingerprint density at radius 2 is 2.08 bits per heavy atom. The zero-order chi connectivity index (χ0) is 19.7. The Hall–Kier alpha value is -2.29. The second kappa shape index (κ2) is 10.0. The Morgan fingerprint density at radius 3 is 2.65 bits per heavy atom. The van der Waals surface area contributed by atoms with E-state index in [1.807, 2.05) is 0 Å². The van der Waals surface area contributed by atoms with E-state index in [9.17, 15) is 18.0 Å². The van der Waals surface area contributed by atoms with Gasteiger partial charge in [0.1, 0.15) is 0 Å². The molecule has 0 atom stereocenters. The number of hydrogen-bond donors (Lipinski definition) is 2. The van der Waals surface area contributed by atoms with Gasteiger partial charge in [-0.1, -0.05) is 6.08 Å². The number of nitrogens with one attached hydrogen (secondary N) is 1. The molecular weight excluding hydrogens is 367 g/mol. The zero-order valence-corrected chi connectivity index (χ0v) is 15.3. The summed E-state index contributed by atoms with van der Waals surface area (Å²) in [6.45, 7) is 7.16. The minimum absolute atomic E-state index is 0.00889. The van der Waals surface area contributed by atoms with Gasteiger partial charge in [0.15, 0.2) is 5.84 Å². The molecule has 9 heteroatoms. The van der Waals surface area contributed by atoms with Crippen LogP contribution in [0.3, 0.4) is 0 Å². The van der Waals surface area contributed by atoms with E-state index in [-0.39, 0.29) is 22.4 Å². The van der Waals surface area contributed by atoms with Crippen molar-refractivity contribution in [1.82, 2.24) is 5.43 Å². The third kappa shape index (κ3) is 7.73. The van der Waals surface area contributed by atoms with Gasteiger partial charge in [0, 0.05) is 23.1 Å². The molecule has 0 aliphatic rings. The highest BCUT2D eigenvalue weighted by Gasteiger charge is 2.31. The summed E-state index contributed by atoms with van der Waals surface area (Å²) in [5, 5.41) is 3.93. The molecule has 0 unspecified atom stereocenters. The number of alkyl halides is 3. The third-order valence-corrected chi connectivity index (χ3v) is 3.12. The average molecular weight is 387 g/mol. The number of nitrogens with zero attached hydrogens (tertiary/aromatic N) is 2. The average Bonchev–Trinajstić information content (AvgIpc) is 2.52. The molecule has 0 saturated heterocycles. The van der Waals surface area contributed by atoms with Crippen LogP contribution in [0, 0.1) is 0 Å². The Labute approximate surface area is 155 Å². The van der Waals surface area contributed by atoms with E-state index in [2.05, 4.69) is 34.9 Å². The fourth-order valence-corrected chi connectivity index (χ4v) is 2.10. The number of rotatable bonds is 7. The predicted molar refractivity (Wildman–Crippen MR) is 97.8 cm³/mol. The highest BCUT2D eigenvalue weighted by atomic mass is 32.1. The van der Waals surface area contributed by atoms with Crippen molar-refractivity contribution >= 4 is 31.2 Å². The van der Waals surface area contributed by atoms with E-state index in [0.29, 0.717) is 13.0 Å². The van der Waals surface area contributed by atoms with Crippen molar-refractivity contribution in [3.8, 4) is 0 Å². The van der Waals surface area contributed by atoms with Gasteiger partial charge >= 0.3 is 12.1 Å². The van der Waals surface area contributed by atoms with Gasteiger partial charge in [-0.05, 0) is 45.2 Å². The molecule has 0 spiro atoms. The molecule has 1 aromatic carbocycles. The van der Waals surface area contributed by atoms with E-state index < -0.39 is 17.7 Å². The minimum atomic E-state index is -4.50. The fourth-order valence-electron chi connectivity index (χ4n) is 1.82. The van der Waals surface area contributed by atoms with Gasteiger partial charge in [-0.2, -0.15) is 18.3 Å². The lowest BCUT2D eigenvalue weighted by atomic mass is 10.1. The van der Waals surface area contributed by atoms with Gasteiger partial charge < -0.3 is 10.2 Å². The lowest BCUT2D eigenvalue weighted by molar-refractivity contribution is -0.141. The van der Waals surface area contributed by atoms with Gasteiger partial charge in [-0.25, -0.2) is 9.79 Å². The number of halogens is 3. The summed E-state index contributed by atoms with van der Waals surface area (Å²) in [5.41, 5.74) is 1.97. The predicted octanol–water partition coefficient (Wildman–Crippen LogP) is 3.84. The lowest BCUT2D eigenvalue weighted by Crippen LogP contribution is -2.13. The Morgan fingerprint density at radius 1 is 1.38 bits per heavy atom. The first-order chi connectivity index (χ1) is 12.1. The molecule has 0 radical (unpaired) electrons. The maximum absolute atomic E-state index is 12.9. The molecule has 0 bridgehead atoms. The van der Waals surface area contributed by atoms with Crippen molar-refractivity contribution in [2.24, 2.45) is 10.1 Å². The molecule has 1 aromatic rings. The summed E-state index contributed by atoms with van der Waals surface area (Å²) in [6, 6.07) is 3.26. The van der Waals surface area contributed by atoms with Crippen LogP contribution >= 0.6 is 12.6 Å². The molecule has 0 fully saturated rings. The van der Waals surface area contributed by atoms with Crippen LogP contribution in [0.15, 0.2) is 45.3 Å². The molecule has 0 amide bonds. The van der Waals surface area contributed by atoms with Crippen molar-refractivity contribution in [3.05, 3.63) is 41.5 Å². The molecule has 26 heavy (non-hydrogen) atoms. The van der Waals surface area contributed by atoms with Crippen molar-refractivity contribution in [2.75, 3.05) is 6.54 Å². The summed E-state index contributed by atoms with van der Waals surface area (Å²) in [5.74, 6) is -0.434. The number of hydrazone groups is 1. The second-order valence-electron chi connectivity index (χ2n) is 5.44. The summed E-state index contributed by atoms with van der Waals surface area (Å²) < 4.78 is 43.5. The number of ether oxygens (including phenoxy) is 1. The van der Waals surface area contributed by atoms with E-state index in [0.717, 1.165) is 12.1 Å². The van der Waals surface area contributed by atoms with Gasteiger partial charge in [-0.3, -0.25) is 0 Å². The number of thiol groups is 1. The largest absolute Gasteiger partial charge is 0.460 e. The van der Waals surface area contributed by atoms with Crippen LogP contribution in [-0.4, -0.2) is 31.2 Å². The van der Waals surface area contributed by atoms with E-state index >= 15 is 0 Å². The maximum atomic E-state index is 12.9. The summed E-state index contributed by atoms with van der Waals surface area (Å²) in [6.07, 6.45) is -1.33. The molecule has 0 aromatic heterocycles. The minimum Gasteiger partial charge on any atom is -0.460 e. The van der Waals surface area contributed by atoms with Crippen LogP contribution in [0.1, 0.15) is 31.4 Å². The molecule has 1 N–H and O–H groups in total. The number of aliphatic imine (C=N–C) groups is 1. The van der Waals surface area contributed by atoms with Crippen molar-refractivity contribution in [1.29, 1.82) is 0 Å². The van der Waals surface area contributed by atoms with Crippen molar-refractivity contribution in [3.63, 3.8) is 0 Å². The second-order valence-corrected chi connectivity index (χ2v) is 5.96. The summed E-state index contributed by atoms with van der Waals surface area (Å²) in [4.78, 5) is 15.1. The first kappa shape index (κ1) is 21.8. The summed E-state index contributed by atoms with van der Waals surface area (Å²) >= 11 is 3.98. The first-order valence-electron chi connectivity index (χ1n) is 7.69. The van der Waals surface area contributed by atoms with Gasteiger partial charge in [0.05, 0.1) is 11.7 Å². The fraction of sp³-hybridized carbons (Fsp3) is 0.353. The number of carbonyl (C=O) groups excluding carboxylic acids is 1. The Balaban J connectivity index is 2.69. The molecule has 0 saturated carbocycles. The van der Waals surface area contributed by atoms with Gasteiger partial charge in [-0.15, -0.1) is 12.6 Å². The number of esters is 1. The van der Waals surface area contributed by atoms with Crippen molar-refractivity contribution < 1.29 is 22.7 Å². The van der Waals surface area contributed by atoms with Gasteiger partial charge in [0.2, 0.25) is 0 Å².